The van der Waals surface area contributed by atoms with Crippen molar-refractivity contribution in [3.63, 3.8) is 0 Å². The molecule has 1 aromatic carbocycles. The predicted octanol–water partition coefficient (Wildman–Crippen LogP) is 2.92. The minimum Gasteiger partial charge on any atom is -0.508 e. The summed E-state index contributed by atoms with van der Waals surface area (Å²) in [6.07, 6.45) is 3.57. The Bertz CT molecular complexity index is 958. The van der Waals surface area contributed by atoms with Gasteiger partial charge in [-0.3, -0.25) is 9.69 Å². The first kappa shape index (κ1) is 15.9. The summed E-state index contributed by atoms with van der Waals surface area (Å²) in [5.74, 6) is 1.05. The number of benzene rings is 1. The normalized spacial score (nSPS) is 30.3. The van der Waals surface area contributed by atoms with Crippen molar-refractivity contribution in [2.24, 2.45) is 18.9 Å². The predicted molar refractivity (Wildman–Crippen MR) is 98.9 cm³/mol. The van der Waals surface area contributed by atoms with Gasteiger partial charge in [0.25, 0.3) is 0 Å². The first-order valence-corrected chi connectivity index (χ1v) is 9.32. The van der Waals surface area contributed by atoms with Crippen molar-refractivity contribution in [1.29, 1.82) is 0 Å². The fourth-order valence-corrected chi connectivity index (χ4v) is 5.62. The Morgan fingerprint density at radius 1 is 1.31 bits per heavy atom. The maximum absolute atomic E-state index is 12.2. The molecule has 136 valence electrons. The third kappa shape index (κ3) is 1.98. The number of nitrogens with zero attached hydrogens (tertiary/aromatic N) is 2. The molecule has 26 heavy (non-hydrogen) atoms. The van der Waals surface area contributed by atoms with Gasteiger partial charge >= 0.3 is 0 Å². The van der Waals surface area contributed by atoms with E-state index in [9.17, 15) is 9.90 Å². The maximum atomic E-state index is 12.2. The highest BCUT2D eigenvalue weighted by Gasteiger charge is 2.50. The molecule has 1 saturated heterocycles. The van der Waals surface area contributed by atoms with Crippen LogP contribution in [0, 0.1) is 11.8 Å². The van der Waals surface area contributed by atoms with Crippen LogP contribution in [0.5, 0.6) is 5.75 Å². The number of aromatic hydroxyl groups is 1. The molecule has 5 nitrogen and oxygen atoms in total. The molecule has 4 heterocycles. The van der Waals surface area contributed by atoms with E-state index < -0.39 is 0 Å². The lowest BCUT2D eigenvalue weighted by Crippen LogP contribution is -2.55. The van der Waals surface area contributed by atoms with Crippen molar-refractivity contribution in [1.82, 2.24) is 9.47 Å². The van der Waals surface area contributed by atoms with Gasteiger partial charge in [-0.2, -0.15) is 0 Å². The number of allylic oxidation sites excluding steroid dienone is 1. The summed E-state index contributed by atoms with van der Waals surface area (Å²) in [5, 5.41) is 11.2. The summed E-state index contributed by atoms with van der Waals surface area (Å²) in [6.45, 7) is 2.32. The quantitative estimate of drug-likeness (QED) is 0.857. The van der Waals surface area contributed by atoms with Crippen LogP contribution >= 0.6 is 0 Å². The Labute approximate surface area is 152 Å². The van der Waals surface area contributed by atoms with Crippen molar-refractivity contribution in [2.75, 3.05) is 13.7 Å². The lowest BCUT2D eigenvalue weighted by molar-refractivity contribution is -0.116. The fourth-order valence-electron chi connectivity index (χ4n) is 5.62. The largest absolute Gasteiger partial charge is 0.508 e. The van der Waals surface area contributed by atoms with E-state index >= 15 is 0 Å². The van der Waals surface area contributed by atoms with Gasteiger partial charge < -0.3 is 14.4 Å². The lowest BCUT2D eigenvalue weighted by atomic mass is 9.67. The van der Waals surface area contributed by atoms with E-state index in [0.29, 0.717) is 24.3 Å². The minimum atomic E-state index is 0.129. The molecule has 1 N–H and O–H groups in total. The molecule has 0 amide bonds. The van der Waals surface area contributed by atoms with Gasteiger partial charge in [0, 0.05) is 41.2 Å². The van der Waals surface area contributed by atoms with Crippen LogP contribution < -0.4 is 0 Å². The molecular weight excluding hydrogens is 328 g/mol. The summed E-state index contributed by atoms with van der Waals surface area (Å²) in [6, 6.07) is 6.29. The summed E-state index contributed by atoms with van der Waals surface area (Å²) in [4.78, 5) is 14.6. The van der Waals surface area contributed by atoms with Gasteiger partial charge in [-0.25, -0.2) is 0 Å². The number of hydrogen-bond acceptors (Lipinski definition) is 4. The molecule has 0 saturated carbocycles. The van der Waals surface area contributed by atoms with Gasteiger partial charge in [0.2, 0.25) is 0 Å². The minimum absolute atomic E-state index is 0.129. The summed E-state index contributed by atoms with van der Waals surface area (Å²) >= 11 is 0. The number of ketones is 1. The Balaban J connectivity index is 1.68. The lowest BCUT2D eigenvalue weighted by Gasteiger charge is -2.52. The Hall–Kier alpha value is -2.27. The average Bonchev–Trinajstić information content (AvgIpc) is 2.86. The number of likely N-dealkylation sites (N-methyl/N-ethyl adjacent to an activating group) is 1. The molecule has 1 fully saturated rings. The second-order valence-corrected chi connectivity index (χ2v) is 8.05. The number of Topliss-reactive ketones (excluding diaryl/α,β-unsaturated/α-hetero) is 1. The maximum Gasteiger partial charge on any atom is 0.159 e. The van der Waals surface area contributed by atoms with E-state index in [1.54, 1.807) is 19.3 Å². The number of ether oxygens (including phenoxy) is 1. The number of aryl methyl sites for hydroxylation is 1. The molecule has 3 aliphatic rings. The van der Waals surface area contributed by atoms with Crippen LogP contribution in [0.3, 0.4) is 0 Å². The molecule has 5 rings (SSSR count). The molecule has 5 heteroatoms. The van der Waals surface area contributed by atoms with Crippen LogP contribution in [0.25, 0.3) is 10.9 Å². The number of hydrogen-bond donors (Lipinski definition) is 1. The Kier molecular flexibility index (Phi) is 3.29. The molecular formula is C21H24N2O3. The molecule has 2 aromatic rings. The van der Waals surface area contributed by atoms with Gasteiger partial charge in [0.1, 0.15) is 5.75 Å². The fraction of sp³-hybridized carbons (Fsp3) is 0.476. The van der Waals surface area contributed by atoms with Crippen LogP contribution in [0.1, 0.15) is 30.6 Å². The van der Waals surface area contributed by atoms with E-state index in [1.165, 1.54) is 11.3 Å². The van der Waals surface area contributed by atoms with Crippen molar-refractivity contribution < 1.29 is 14.6 Å². The number of phenolic OH excluding ortho intramolecular Hbond substituents is 1. The van der Waals surface area contributed by atoms with Crippen LogP contribution in [-0.2, 0) is 23.0 Å². The van der Waals surface area contributed by atoms with Crippen LogP contribution in [-0.4, -0.2) is 40.1 Å². The molecule has 0 aliphatic carbocycles. The second-order valence-electron chi connectivity index (χ2n) is 8.05. The standard InChI is InChI=1S/C21H24N2O3/c1-11(24)16-9-26-10-17-13(16)7-20-21-15(8-19(17)22(20)2)14-6-12(25)4-5-18(14)23(21)3/h4-6,9,13,17,19-20,25H,7-8,10H2,1-3H3/t13-,17+,19-,20-/m0/s1. The van der Waals surface area contributed by atoms with Gasteiger partial charge in [0.15, 0.2) is 5.78 Å². The third-order valence-corrected chi connectivity index (χ3v) is 6.87. The van der Waals surface area contributed by atoms with Gasteiger partial charge in [-0.15, -0.1) is 0 Å². The molecule has 0 unspecified atom stereocenters. The van der Waals surface area contributed by atoms with Gasteiger partial charge in [-0.1, -0.05) is 0 Å². The molecule has 1 aromatic heterocycles. The molecule has 3 aliphatic heterocycles. The van der Waals surface area contributed by atoms with Crippen molar-refractivity contribution >= 4 is 16.7 Å². The first-order chi connectivity index (χ1) is 12.5. The molecule has 0 spiro atoms. The topological polar surface area (TPSA) is 54.7 Å². The molecule has 4 atom stereocenters. The van der Waals surface area contributed by atoms with Gasteiger partial charge in [-0.05, 0) is 56.5 Å². The van der Waals surface area contributed by atoms with E-state index in [2.05, 4.69) is 23.6 Å². The van der Waals surface area contributed by atoms with Crippen LogP contribution in [0.2, 0.25) is 0 Å². The highest BCUT2D eigenvalue weighted by atomic mass is 16.5. The number of phenols is 1. The van der Waals surface area contributed by atoms with Gasteiger partial charge in [0.05, 0.1) is 18.9 Å². The van der Waals surface area contributed by atoms with Crippen LogP contribution in [0.15, 0.2) is 30.0 Å². The third-order valence-electron chi connectivity index (χ3n) is 6.87. The SMILES string of the molecule is CC(=O)C1=COC[C@@H]2[C@H]1C[C@H]1c3c(c4cc(O)ccc4n3C)C[C@@H]2N1C. The summed E-state index contributed by atoms with van der Waals surface area (Å²) in [7, 11) is 4.32. The van der Waals surface area contributed by atoms with E-state index in [0.717, 1.165) is 29.3 Å². The average molecular weight is 352 g/mol. The highest BCUT2D eigenvalue weighted by Crippen LogP contribution is 2.51. The number of piperidine rings is 1. The number of fused-ring (bicyclic) bond motifs is 8. The summed E-state index contributed by atoms with van der Waals surface area (Å²) < 4.78 is 7.97. The zero-order chi connectivity index (χ0) is 18.2. The van der Waals surface area contributed by atoms with E-state index in [4.69, 9.17) is 4.74 Å². The molecule has 2 bridgehead atoms. The second kappa shape index (κ2) is 5.36. The highest BCUT2D eigenvalue weighted by molar-refractivity contribution is 5.94. The Morgan fingerprint density at radius 3 is 2.88 bits per heavy atom. The zero-order valence-electron chi connectivity index (χ0n) is 15.4. The first-order valence-electron chi connectivity index (χ1n) is 9.32. The van der Waals surface area contributed by atoms with Crippen molar-refractivity contribution in [3.05, 3.63) is 41.3 Å². The monoisotopic (exact) mass is 352 g/mol. The number of rotatable bonds is 1. The number of carbonyl (C=O) groups is 1. The van der Waals surface area contributed by atoms with E-state index in [-0.39, 0.29) is 17.7 Å². The van der Waals surface area contributed by atoms with Crippen molar-refractivity contribution in [3.8, 4) is 5.75 Å². The van der Waals surface area contributed by atoms with Crippen molar-refractivity contribution in [2.45, 2.75) is 31.8 Å². The van der Waals surface area contributed by atoms with E-state index in [1.807, 2.05) is 12.1 Å². The molecule has 0 radical (unpaired) electrons. The zero-order valence-corrected chi connectivity index (χ0v) is 15.4. The van der Waals surface area contributed by atoms with Crippen LogP contribution in [0.4, 0.5) is 0 Å². The number of aromatic nitrogens is 1. The summed E-state index contributed by atoms with van der Waals surface area (Å²) in [5.41, 5.74) is 4.69. The Morgan fingerprint density at radius 2 is 2.12 bits per heavy atom. The number of carbonyl (C=O) groups excluding carboxylic acids is 1. The smallest absolute Gasteiger partial charge is 0.159 e.